The summed E-state index contributed by atoms with van der Waals surface area (Å²) in [6.07, 6.45) is 5.52. The van der Waals surface area contributed by atoms with E-state index in [9.17, 15) is 0 Å². The number of ether oxygens (including phenoxy) is 1. The van der Waals surface area contributed by atoms with Gasteiger partial charge in [0.05, 0.1) is 12.8 Å². The second-order valence-corrected chi connectivity index (χ2v) is 7.99. The quantitative estimate of drug-likeness (QED) is 0.740. The molecule has 0 bridgehead atoms. The molecule has 1 N–H and O–H groups in total. The van der Waals surface area contributed by atoms with Crippen molar-refractivity contribution in [3.05, 3.63) is 53.0 Å². The van der Waals surface area contributed by atoms with Crippen LogP contribution in [0.25, 0.3) is 10.9 Å². The third-order valence-electron chi connectivity index (χ3n) is 5.91. The predicted molar refractivity (Wildman–Crippen MR) is 109 cm³/mol. The normalized spacial score (nSPS) is 17.9. The van der Waals surface area contributed by atoms with Crippen molar-refractivity contribution in [1.82, 2.24) is 24.8 Å². The number of nitrogens with zero attached hydrogens (tertiary/aromatic N) is 4. The second-order valence-electron chi connectivity index (χ2n) is 7.99. The molecule has 0 aliphatic carbocycles. The maximum atomic E-state index is 5.15. The molecule has 0 unspecified atom stereocenters. The highest BCUT2D eigenvalue weighted by Crippen LogP contribution is 2.23. The number of aromatic amines is 1. The van der Waals surface area contributed by atoms with Gasteiger partial charge in [-0.05, 0) is 49.7 Å². The van der Waals surface area contributed by atoms with Gasteiger partial charge in [0.1, 0.15) is 0 Å². The van der Waals surface area contributed by atoms with E-state index in [1.807, 2.05) is 6.20 Å². The van der Waals surface area contributed by atoms with Gasteiger partial charge in [-0.3, -0.25) is 9.80 Å². The molecule has 0 saturated carbocycles. The molecule has 2 aromatic heterocycles. The molecule has 4 heterocycles. The van der Waals surface area contributed by atoms with Crippen molar-refractivity contribution < 1.29 is 4.74 Å². The molecule has 1 aromatic carbocycles. The van der Waals surface area contributed by atoms with Crippen LogP contribution in [0.5, 0.6) is 6.01 Å². The molecule has 3 aromatic rings. The molecule has 28 heavy (non-hydrogen) atoms. The molecule has 0 amide bonds. The zero-order chi connectivity index (χ0) is 18.9. The Morgan fingerprint density at radius 2 is 1.96 bits per heavy atom. The van der Waals surface area contributed by atoms with Crippen LogP contribution in [0, 0.1) is 0 Å². The number of nitrogens with one attached hydrogen (secondary N) is 1. The fourth-order valence-corrected chi connectivity index (χ4v) is 4.46. The van der Waals surface area contributed by atoms with Crippen LogP contribution in [-0.2, 0) is 26.1 Å². The van der Waals surface area contributed by atoms with Crippen LogP contribution >= 0.6 is 0 Å². The lowest BCUT2D eigenvalue weighted by Gasteiger charge is -2.27. The van der Waals surface area contributed by atoms with E-state index < -0.39 is 0 Å². The van der Waals surface area contributed by atoms with Crippen molar-refractivity contribution in [2.75, 3.05) is 26.7 Å². The molecule has 6 heteroatoms. The third kappa shape index (κ3) is 3.62. The number of hydrogen-bond donors (Lipinski definition) is 1. The lowest BCUT2D eigenvalue weighted by molar-refractivity contribution is 0.241. The Hall–Kier alpha value is -2.44. The van der Waals surface area contributed by atoms with E-state index in [2.05, 4.69) is 49.0 Å². The number of H-pyrrole nitrogens is 1. The topological polar surface area (TPSA) is 57.3 Å². The van der Waals surface area contributed by atoms with Crippen LogP contribution in [0.1, 0.15) is 35.4 Å². The lowest BCUT2D eigenvalue weighted by Crippen LogP contribution is -2.30. The molecule has 1 saturated heterocycles. The highest BCUT2D eigenvalue weighted by atomic mass is 16.5. The minimum atomic E-state index is 0.467. The van der Waals surface area contributed by atoms with Crippen molar-refractivity contribution in [2.45, 2.75) is 38.9 Å². The minimum Gasteiger partial charge on any atom is -0.467 e. The first-order valence-electron chi connectivity index (χ1n) is 10.2. The highest BCUT2D eigenvalue weighted by Gasteiger charge is 2.19. The van der Waals surface area contributed by atoms with Crippen molar-refractivity contribution >= 4 is 10.9 Å². The maximum absolute atomic E-state index is 5.15. The number of aromatic nitrogens is 3. The zero-order valence-corrected chi connectivity index (χ0v) is 16.4. The number of rotatable bonds is 5. The summed E-state index contributed by atoms with van der Waals surface area (Å²) >= 11 is 0. The Balaban J connectivity index is 1.28. The Morgan fingerprint density at radius 3 is 2.82 bits per heavy atom. The fraction of sp³-hybridized carbons (Fsp3) is 0.455. The fourth-order valence-electron chi connectivity index (χ4n) is 4.46. The molecule has 2 aliphatic rings. The van der Waals surface area contributed by atoms with Crippen molar-refractivity contribution in [1.29, 1.82) is 0 Å². The van der Waals surface area contributed by atoms with Gasteiger partial charge in [0.25, 0.3) is 0 Å². The molecule has 6 nitrogen and oxygen atoms in total. The van der Waals surface area contributed by atoms with Gasteiger partial charge in [-0.2, -0.15) is 4.98 Å². The van der Waals surface area contributed by atoms with Crippen LogP contribution in [0.15, 0.2) is 30.5 Å². The van der Waals surface area contributed by atoms with Gasteiger partial charge in [-0.1, -0.05) is 6.07 Å². The van der Waals surface area contributed by atoms with E-state index in [1.165, 1.54) is 53.7 Å². The van der Waals surface area contributed by atoms with Crippen LogP contribution in [-0.4, -0.2) is 51.5 Å². The van der Waals surface area contributed by atoms with Crippen LogP contribution in [0.4, 0.5) is 0 Å². The van der Waals surface area contributed by atoms with Gasteiger partial charge >= 0.3 is 6.01 Å². The smallest absolute Gasteiger partial charge is 0.316 e. The maximum Gasteiger partial charge on any atom is 0.316 e. The van der Waals surface area contributed by atoms with Gasteiger partial charge in [-0.15, -0.1) is 0 Å². The molecule has 0 radical (unpaired) electrons. The number of fused-ring (bicyclic) bond motifs is 2. The number of hydrogen-bond acceptors (Lipinski definition) is 5. The molecule has 0 atom stereocenters. The van der Waals surface area contributed by atoms with Gasteiger partial charge in [0, 0.05) is 61.0 Å². The van der Waals surface area contributed by atoms with Crippen LogP contribution in [0.2, 0.25) is 0 Å². The Morgan fingerprint density at radius 1 is 1.07 bits per heavy atom. The Kier molecular flexibility index (Phi) is 4.74. The van der Waals surface area contributed by atoms with Crippen molar-refractivity contribution in [3.63, 3.8) is 0 Å². The minimum absolute atomic E-state index is 0.467. The summed E-state index contributed by atoms with van der Waals surface area (Å²) in [5.74, 6) is 0. The summed E-state index contributed by atoms with van der Waals surface area (Å²) in [5.41, 5.74) is 6.25. The average Bonchev–Trinajstić information content (AvgIpc) is 3.36. The summed E-state index contributed by atoms with van der Waals surface area (Å²) in [6, 6.07) is 9.60. The first-order valence-corrected chi connectivity index (χ1v) is 10.2. The number of likely N-dealkylation sites (tertiary alicyclic amines) is 1. The zero-order valence-electron chi connectivity index (χ0n) is 16.4. The standard InChI is InChI=1S/C22H27N5O/c1-28-22-23-12-18-14-27(9-6-21(18)25-22)13-16-4-5-20-17(10-16)11-19(24-20)15-26-7-2-3-8-26/h4-5,10-12,24H,2-3,6-9,13-15H2,1H3. The summed E-state index contributed by atoms with van der Waals surface area (Å²) in [6.45, 7) is 6.35. The predicted octanol–water partition coefficient (Wildman–Crippen LogP) is 3.12. The summed E-state index contributed by atoms with van der Waals surface area (Å²) < 4.78 is 5.15. The number of benzene rings is 1. The lowest BCUT2D eigenvalue weighted by atomic mass is 10.1. The molecule has 146 valence electrons. The van der Waals surface area contributed by atoms with E-state index in [1.54, 1.807) is 7.11 Å². The first-order chi connectivity index (χ1) is 13.8. The van der Waals surface area contributed by atoms with Gasteiger partial charge in [0.15, 0.2) is 0 Å². The van der Waals surface area contributed by atoms with E-state index >= 15 is 0 Å². The summed E-state index contributed by atoms with van der Waals surface area (Å²) in [4.78, 5) is 17.4. The van der Waals surface area contributed by atoms with E-state index in [0.29, 0.717) is 6.01 Å². The molecular formula is C22H27N5O. The summed E-state index contributed by atoms with van der Waals surface area (Å²) in [5, 5.41) is 1.32. The van der Waals surface area contributed by atoms with Gasteiger partial charge < -0.3 is 9.72 Å². The molecule has 1 fully saturated rings. The molecule has 2 aliphatic heterocycles. The van der Waals surface area contributed by atoms with E-state index in [0.717, 1.165) is 38.3 Å². The SMILES string of the molecule is COc1ncc2c(n1)CCN(Cc1ccc3[nH]c(CN4CCCC4)cc3c1)C2. The largest absolute Gasteiger partial charge is 0.467 e. The van der Waals surface area contributed by atoms with Crippen molar-refractivity contribution in [3.8, 4) is 6.01 Å². The Bertz CT molecular complexity index is 976. The van der Waals surface area contributed by atoms with E-state index in [-0.39, 0.29) is 0 Å². The molecule has 0 spiro atoms. The average molecular weight is 377 g/mol. The number of methoxy groups -OCH3 is 1. The Labute approximate surface area is 165 Å². The van der Waals surface area contributed by atoms with Gasteiger partial charge in [-0.25, -0.2) is 4.98 Å². The van der Waals surface area contributed by atoms with Crippen LogP contribution < -0.4 is 4.74 Å². The van der Waals surface area contributed by atoms with Crippen LogP contribution in [0.3, 0.4) is 0 Å². The first kappa shape index (κ1) is 17.6. The summed E-state index contributed by atoms with van der Waals surface area (Å²) in [7, 11) is 1.62. The molecule has 5 rings (SSSR count). The van der Waals surface area contributed by atoms with Gasteiger partial charge in [0.2, 0.25) is 0 Å². The van der Waals surface area contributed by atoms with E-state index in [4.69, 9.17) is 4.74 Å². The monoisotopic (exact) mass is 377 g/mol. The third-order valence-corrected chi connectivity index (χ3v) is 5.91. The molecular weight excluding hydrogens is 350 g/mol. The highest BCUT2D eigenvalue weighted by molar-refractivity contribution is 5.81. The second kappa shape index (κ2) is 7.53. The van der Waals surface area contributed by atoms with Crippen molar-refractivity contribution in [2.24, 2.45) is 0 Å².